The molecule has 0 radical (unpaired) electrons. The molecule has 0 saturated heterocycles. The minimum Gasteiger partial charge on any atom is -0.386 e. The Balaban J connectivity index is 1.51. The summed E-state index contributed by atoms with van der Waals surface area (Å²) in [5.41, 5.74) is 2.34. The number of pyridine rings is 1. The molecule has 1 atom stereocenters. The maximum absolute atomic E-state index is 12.7. The smallest absolute Gasteiger partial charge is 0.254 e. The molecule has 2 aliphatic rings. The highest BCUT2D eigenvalue weighted by Crippen LogP contribution is 2.40. The van der Waals surface area contributed by atoms with Gasteiger partial charge in [-0.3, -0.25) is 9.48 Å². The summed E-state index contributed by atoms with van der Waals surface area (Å²) in [6, 6.07) is 5.43. The Labute approximate surface area is 140 Å². The summed E-state index contributed by atoms with van der Waals surface area (Å²) < 4.78 is 1.91. The van der Waals surface area contributed by atoms with Crippen molar-refractivity contribution in [1.82, 2.24) is 19.7 Å². The van der Waals surface area contributed by atoms with E-state index in [9.17, 15) is 9.90 Å². The third-order valence-electron chi connectivity index (χ3n) is 4.74. The van der Waals surface area contributed by atoms with E-state index in [0.29, 0.717) is 36.9 Å². The largest absolute Gasteiger partial charge is 0.386 e. The fourth-order valence-corrected chi connectivity index (χ4v) is 3.14. The Morgan fingerprint density at radius 3 is 2.96 bits per heavy atom. The molecule has 0 spiro atoms. The van der Waals surface area contributed by atoms with Crippen LogP contribution in [0.3, 0.4) is 0 Å². The highest BCUT2D eigenvalue weighted by Gasteiger charge is 2.33. The zero-order chi connectivity index (χ0) is 16.7. The van der Waals surface area contributed by atoms with Crippen LogP contribution in [0.25, 0.3) is 0 Å². The Hall–Kier alpha value is -2.41. The topological polar surface area (TPSA) is 83.3 Å². The molecule has 1 saturated carbocycles. The van der Waals surface area contributed by atoms with Crippen molar-refractivity contribution in [2.75, 3.05) is 18.9 Å². The third-order valence-corrected chi connectivity index (χ3v) is 4.74. The van der Waals surface area contributed by atoms with Crippen LogP contribution >= 0.6 is 0 Å². The summed E-state index contributed by atoms with van der Waals surface area (Å²) in [5.74, 6) is 1.03. The van der Waals surface area contributed by atoms with Crippen molar-refractivity contribution in [2.45, 2.75) is 32.0 Å². The van der Waals surface area contributed by atoms with Crippen LogP contribution in [0.15, 0.2) is 24.4 Å². The maximum Gasteiger partial charge on any atom is 0.254 e. The van der Waals surface area contributed by atoms with E-state index in [-0.39, 0.29) is 5.91 Å². The maximum atomic E-state index is 12.7. The number of nitrogens with one attached hydrogen (secondary N) is 1. The molecule has 7 nitrogen and oxygen atoms in total. The number of carbonyl (C=O) groups excluding carboxylic acids is 1. The monoisotopic (exact) mass is 327 g/mol. The third kappa shape index (κ3) is 2.75. The first-order chi connectivity index (χ1) is 11.7. The van der Waals surface area contributed by atoms with Crippen LogP contribution in [-0.2, 0) is 13.1 Å². The average molecular weight is 327 g/mol. The van der Waals surface area contributed by atoms with Crippen LogP contribution in [0.1, 0.15) is 40.7 Å². The summed E-state index contributed by atoms with van der Waals surface area (Å²) in [6.07, 6.45) is 3.32. The molecule has 0 bridgehead atoms. The van der Waals surface area contributed by atoms with E-state index in [1.165, 1.54) is 0 Å². The lowest BCUT2D eigenvalue weighted by Crippen LogP contribution is -2.38. The van der Waals surface area contributed by atoms with Crippen LogP contribution in [-0.4, -0.2) is 44.3 Å². The summed E-state index contributed by atoms with van der Waals surface area (Å²) >= 11 is 0. The first kappa shape index (κ1) is 15.1. The van der Waals surface area contributed by atoms with E-state index in [0.717, 1.165) is 24.2 Å². The lowest BCUT2D eigenvalue weighted by atomic mass is 10.1. The quantitative estimate of drug-likeness (QED) is 0.887. The number of amides is 1. The molecule has 3 heterocycles. The summed E-state index contributed by atoms with van der Waals surface area (Å²) in [7, 11) is 1.78. The normalized spacial score (nSPS) is 18.2. The highest BCUT2D eigenvalue weighted by molar-refractivity contribution is 5.94. The number of fused-ring (bicyclic) bond motifs is 1. The molecule has 2 N–H and O–H groups in total. The minimum atomic E-state index is -0.467. The molecule has 1 fully saturated rings. The zero-order valence-electron chi connectivity index (χ0n) is 13.6. The SMILES string of the molecule is CNc1cc(C(=O)N2CCn3nc([C@H](O)C4CC4)cc3C2)ccn1. The van der Waals surface area contributed by atoms with E-state index in [1.807, 2.05) is 15.6 Å². The van der Waals surface area contributed by atoms with Gasteiger partial charge in [-0.2, -0.15) is 5.10 Å². The number of anilines is 1. The number of carbonyl (C=O) groups is 1. The van der Waals surface area contributed by atoms with E-state index in [1.54, 1.807) is 25.4 Å². The van der Waals surface area contributed by atoms with Crippen molar-refractivity contribution < 1.29 is 9.90 Å². The van der Waals surface area contributed by atoms with E-state index in [4.69, 9.17) is 0 Å². The number of aliphatic hydroxyl groups is 1. The van der Waals surface area contributed by atoms with Gasteiger partial charge in [-0.1, -0.05) is 0 Å². The molecule has 2 aromatic heterocycles. The van der Waals surface area contributed by atoms with Gasteiger partial charge in [0, 0.05) is 25.4 Å². The Morgan fingerprint density at radius 2 is 2.21 bits per heavy atom. The second kappa shape index (κ2) is 5.90. The van der Waals surface area contributed by atoms with Gasteiger partial charge in [-0.05, 0) is 37.0 Å². The summed E-state index contributed by atoms with van der Waals surface area (Å²) in [6.45, 7) is 1.78. The van der Waals surface area contributed by atoms with E-state index < -0.39 is 6.10 Å². The molecule has 2 aromatic rings. The van der Waals surface area contributed by atoms with Crippen molar-refractivity contribution >= 4 is 11.7 Å². The van der Waals surface area contributed by atoms with Gasteiger partial charge in [-0.25, -0.2) is 4.98 Å². The molecule has 24 heavy (non-hydrogen) atoms. The van der Waals surface area contributed by atoms with Crippen molar-refractivity contribution in [1.29, 1.82) is 0 Å². The number of aromatic nitrogens is 3. The Morgan fingerprint density at radius 1 is 1.38 bits per heavy atom. The van der Waals surface area contributed by atoms with Crippen LogP contribution in [0, 0.1) is 5.92 Å². The first-order valence-corrected chi connectivity index (χ1v) is 8.33. The Kier molecular flexibility index (Phi) is 3.72. The molecule has 0 aromatic carbocycles. The molecular formula is C17H21N5O2. The molecule has 1 amide bonds. The number of nitrogens with zero attached hydrogens (tertiary/aromatic N) is 4. The van der Waals surface area contributed by atoms with E-state index >= 15 is 0 Å². The van der Waals surface area contributed by atoms with Crippen molar-refractivity contribution in [2.24, 2.45) is 5.92 Å². The molecule has 126 valence electrons. The number of hydrogen-bond acceptors (Lipinski definition) is 5. The van der Waals surface area contributed by atoms with Crippen LogP contribution < -0.4 is 5.32 Å². The van der Waals surface area contributed by atoms with Gasteiger partial charge in [-0.15, -0.1) is 0 Å². The van der Waals surface area contributed by atoms with Crippen molar-refractivity contribution in [3.63, 3.8) is 0 Å². The van der Waals surface area contributed by atoms with Gasteiger partial charge in [0.2, 0.25) is 0 Å². The summed E-state index contributed by atoms with van der Waals surface area (Å²) in [5, 5.41) is 17.7. The summed E-state index contributed by atoms with van der Waals surface area (Å²) in [4.78, 5) is 18.7. The lowest BCUT2D eigenvalue weighted by Gasteiger charge is -2.27. The van der Waals surface area contributed by atoms with Crippen molar-refractivity contribution in [3.8, 4) is 0 Å². The van der Waals surface area contributed by atoms with Crippen LogP contribution in [0.2, 0.25) is 0 Å². The van der Waals surface area contributed by atoms with Crippen LogP contribution in [0.4, 0.5) is 5.82 Å². The number of rotatable bonds is 4. The van der Waals surface area contributed by atoms with Crippen LogP contribution in [0.5, 0.6) is 0 Å². The molecule has 0 unspecified atom stereocenters. The fraction of sp³-hybridized carbons (Fsp3) is 0.471. The molecule has 1 aliphatic heterocycles. The molecule has 4 rings (SSSR count). The first-order valence-electron chi connectivity index (χ1n) is 8.33. The Bertz CT molecular complexity index is 768. The standard InChI is InChI=1S/C17H21N5O2/c1-18-15-8-12(4-5-19-15)17(24)21-6-7-22-13(10-21)9-14(20-22)16(23)11-2-3-11/h4-5,8-9,11,16,23H,2-3,6-7,10H2,1H3,(H,18,19)/t16-/m1/s1. The zero-order valence-corrected chi connectivity index (χ0v) is 13.6. The molecule has 7 heteroatoms. The van der Waals surface area contributed by atoms with Gasteiger partial charge in [0.25, 0.3) is 5.91 Å². The predicted molar refractivity (Wildman–Crippen MR) is 88.4 cm³/mol. The predicted octanol–water partition coefficient (Wildman–Crippen LogP) is 1.42. The van der Waals surface area contributed by atoms with E-state index in [2.05, 4.69) is 15.4 Å². The lowest BCUT2D eigenvalue weighted by molar-refractivity contribution is 0.0705. The molecular weight excluding hydrogens is 306 g/mol. The second-order valence-corrected chi connectivity index (χ2v) is 6.47. The highest BCUT2D eigenvalue weighted by atomic mass is 16.3. The number of hydrogen-bond donors (Lipinski definition) is 2. The van der Waals surface area contributed by atoms with Gasteiger partial charge >= 0.3 is 0 Å². The minimum absolute atomic E-state index is 0.00867. The van der Waals surface area contributed by atoms with Gasteiger partial charge in [0.1, 0.15) is 11.9 Å². The average Bonchev–Trinajstić information content (AvgIpc) is 3.38. The van der Waals surface area contributed by atoms with Gasteiger partial charge in [0.05, 0.1) is 24.5 Å². The molecule has 1 aliphatic carbocycles. The van der Waals surface area contributed by atoms with Gasteiger partial charge in [0.15, 0.2) is 0 Å². The number of aliphatic hydroxyl groups excluding tert-OH is 1. The van der Waals surface area contributed by atoms with Crippen molar-refractivity contribution in [3.05, 3.63) is 41.3 Å². The second-order valence-electron chi connectivity index (χ2n) is 6.47. The fourth-order valence-electron chi connectivity index (χ4n) is 3.14. The van der Waals surface area contributed by atoms with Gasteiger partial charge < -0.3 is 15.3 Å².